The molecule has 0 aliphatic heterocycles. The Balaban J connectivity index is 1.69. The van der Waals surface area contributed by atoms with Gasteiger partial charge in [-0.15, -0.1) is 16.4 Å². The summed E-state index contributed by atoms with van der Waals surface area (Å²) in [6.07, 6.45) is 0.415. The number of amides is 1. The molecule has 0 aliphatic carbocycles. The predicted octanol–water partition coefficient (Wildman–Crippen LogP) is 3.16. The third-order valence-corrected chi connectivity index (χ3v) is 4.10. The molecular weight excluding hydrogens is 303 g/mol. The molecule has 0 radical (unpaired) electrons. The fraction of sp³-hybridized carbons (Fsp3) is 0.133. The van der Waals surface area contributed by atoms with Gasteiger partial charge in [0.05, 0.1) is 4.88 Å². The first-order valence-electron chi connectivity index (χ1n) is 6.63. The molecule has 22 heavy (non-hydrogen) atoms. The van der Waals surface area contributed by atoms with Crippen molar-refractivity contribution in [2.45, 2.75) is 13.3 Å². The number of H-pyrrole nitrogens is 1. The molecule has 0 bridgehead atoms. The van der Waals surface area contributed by atoms with Crippen LogP contribution in [0.3, 0.4) is 0 Å². The lowest BCUT2D eigenvalue weighted by atomic mass is 10.1. The van der Waals surface area contributed by atoms with Crippen molar-refractivity contribution in [3.63, 3.8) is 0 Å². The normalized spacial score (nSPS) is 10.6. The van der Waals surface area contributed by atoms with Crippen molar-refractivity contribution in [3.8, 4) is 0 Å². The van der Waals surface area contributed by atoms with Gasteiger partial charge in [-0.3, -0.25) is 15.2 Å². The summed E-state index contributed by atoms with van der Waals surface area (Å²) in [6, 6.07) is 8.16. The maximum absolute atomic E-state index is 13.1. The van der Waals surface area contributed by atoms with E-state index >= 15 is 0 Å². The largest absolute Gasteiger partial charge is 0.288 e. The van der Waals surface area contributed by atoms with Crippen molar-refractivity contribution < 1.29 is 9.18 Å². The van der Waals surface area contributed by atoms with Gasteiger partial charge >= 0.3 is 0 Å². The third-order valence-electron chi connectivity index (χ3n) is 3.09. The Kier molecular flexibility index (Phi) is 3.97. The summed E-state index contributed by atoms with van der Waals surface area (Å²) in [5, 5.41) is 11.2. The highest BCUT2D eigenvalue weighted by molar-refractivity contribution is 7.12. The van der Waals surface area contributed by atoms with Crippen LogP contribution in [0.5, 0.6) is 0 Å². The van der Waals surface area contributed by atoms with Crippen LogP contribution in [0.25, 0.3) is 0 Å². The Bertz CT molecular complexity index is 811. The summed E-state index contributed by atoms with van der Waals surface area (Å²) in [5.74, 6) is 0.246. The molecule has 112 valence electrons. The zero-order valence-corrected chi connectivity index (χ0v) is 12.6. The molecule has 2 aromatic heterocycles. The van der Waals surface area contributed by atoms with Gasteiger partial charge in [0, 0.05) is 6.42 Å². The third kappa shape index (κ3) is 3.20. The van der Waals surface area contributed by atoms with Crippen molar-refractivity contribution in [2.75, 3.05) is 5.32 Å². The average molecular weight is 316 g/mol. The van der Waals surface area contributed by atoms with E-state index < -0.39 is 0 Å². The molecule has 1 amide bonds. The second-order valence-corrected chi connectivity index (χ2v) is 5.72. The van der Waals surface area contributed by atoms with Gasteiger partial charge in [-0.25, -0.2) is 4.39 Å². The van der Waals surface area contributed by atoms with Crippen LogP contribution in [0, 0.1) is 12.7 Å². The van der Waals surface area contributed by atoms with Crippen molar-refractivity contribution in [1.82, 2.24) is 15.2 Å². The molecule has 0 unspecified atom stereocenters. The van der Waals surface area contributed by atoms with Gasteiger partial charge in [-0.1, -0.05) is 12.1 Å². The standard InChI is InChI=1S/C15H13FN4OS/c1-9-5-6-22-13(9)14(21)18-15-17-12(19-20-15)8-10-3-2-4-11(16)7-10/h2-7H,8H2,1H3,(H2,17,18,19,20,21). The van der Waals surface area contributed by atoms with E-state index in [2.05, 4.69) is 20.5 Å². The second-order valence-electron chi connectivity index (χ2n) is 4.80. The van der Waals surface area contributed by atoms with Crippen molar-refractivity contribution in [2.24, 2.45) is 0 Å². The minimum Gasteiger partial charge on any atom is -0.288 e. The number of aromatic nitrogens is 3. The number of hydrogen-bond acceptors (Lipinski definition) is 4. The molecule has 7 heteroatoms. The number of anilines is 1. The fourth-order valence-corrected chi connectivity index (χ4v) is 2.85. The van der Waals surface area contributed by atoms with Crippen LogP contribution in [0.4, 0.5) is 10.3 Å². The summed E-state index contributed by atoms with van der Waals surface area (Å²) in [6.45, 7) is 1.87. The van der Waals surface area contributed by atoms with E-state index in [4.69, 9.17) is 0 Å². The SMILES string of the molecule is Cc1ccsc1C(=O)Nc1n[nH]c(Cc2cccc(F)c2)n1. The molecule has 3 rings (SSSR count). The molecule has 0 spiro atoms. The first-order valence-corrected chi connectivity index (χ1v) is 7.51. The molecule has 5 nitrogen and oxygen atoms in total. The van der Waals surface area contributed by atoms with Gasteiger partial charge in [-0.2, -0.15) is 4.98 Å². The molecule has 2 N–H and O–H groups in total. The van der Waals surface area contributed by atoms with Crippen molar-refractivity contribution >= 4 is 23.2 Å². The number of halogens is 1. The molecule has 0 saturated heterocycles. The van der Waals surface area contributed by atoms with Crippen LogP contribution in [0.15, 0.2) is 35.7 Å². The monoisotopic (exact) mass is 316 g/mol. The topological polar surface area (TPSA) is 70.7 Å². The number of nitrogens with one attached hydrogen (secondary N) is 2. The fourth-order valence-electron chi connectivity index (χ4n) is 2.03. The van der Waals surface area contributed by atoms with Crippen molar-refractivity contribution in [1.29, 1.82) is 0 Å². The Labute approximate surface area is 130 Å². The quantitative estimate of drug-likeness (QED) is 0.776. The Morgan fingerprint density at radius 3 is 3.00 bits per heavy atom. The number of carbonyl (C=O) groups is 1. The maximum atomic E-state index is 13.1. The van der Waals surface area contributed by atoms with Crippen molar-refractivity contribution in [3.05, 3.63) is 63.4 Å². The predicted molar refractivity (Wildman–Crippen MR) is 82.6 cm³/mol. The summed E-state index contributed by atoms with van der Waals surface area (Å²) in [5.41, 5.74) is 1.70. The molecule has 1 aromatic carbocycles. The van der Waals surface area contributed by atoms with Crippen LogP contribution in [-0.2, 0) is 6.42 Å². The molecule has 0 saturated carbocycles. The lowest BCUT2D eigenvalue weighted by molar-refractivity contribution is 0.102. The summed E-state index contributed by atoms with van der Waals surface area (Å²) >= 11 is 1.37. The number of rotatable bonds is 4. The number of thiophene rings is 1. The number of nitrogens with zero attached hydrogens (tertiary/aromatic N) is 2. The highest BCUT2D eigenvalue weighted by Crippen LogP contribution is 2.17. The van der Waals surface area contributed by atoms with E-state index in [0.29, 0.717) is 17.1 Å². The van der Waals surface area contributed by atoms with Crippen LogP contribution in [0.2, 0.25) is 0 Å². The molecule has 3 aromatic rings. The van der Waals surface area contributed by atoms with E-state index in [1.807, 2.05) is 18.4 Å². The van der Waals surface area contributed by atoms with Gasteiger partial charge in [0.1, 0.15) is 11.6 Å². The number of hydrogen-bond donors (Lipinski definition) is 2. The van der Waals surface area contributed by atoms with E-state index in [-0.39, 0.29) is 17.7 Å². The molecule has 0 atom stereocenters. The number of carbonyl (C=O) groups excluding carboxylic acids is 1. The highest BCUT2D eigenvalue weighted by atomic mass is 32.1. The molecule has 0 aliphatic rings. The molecular formula is C15H13FN4OS. The van der Waals surface area contributed by atoms with Crippen LogP contribution in [-0.4, -0.2) is 21.1 Å². The smallest absolute Gasteiger partial charge is 0.268 e. The van der Waals surface area contributed by atoms with E-state index in [0.717, 1.165) is 11.1 Å². The minimum absolute atomic E-state index is 0.212. The number of aromatic amines is 1. The van der Waals surface area contributed by atoms with Crippen LogP contribution < -0.4 is 5.32 Å². The summed E-state index contributed by atoms with van der Waals surface area (Å²) in [7, 11) is 0. The second kappa shape index (κ2) is 6.07. The Morgan fingerprint density at radius 1 is 1.41 bits per heavy atom. The Hall–Kier alpha value is -2.54. The first kappa shape index (κ1) is 14.4. The molecule has 0 fully saturated rings. The Morgan fingerprint density at radius 2 is 2.27 bits per heavy atom. The van der Waals surface area contributed by atoms with Gasteiger partial charge < -0.3 is 0 Å². The minimum atomic E-state index is -0.293. The number of aryl methyl sites for hydroxylation is 1. The maximum Gasteiger partial charge on any atom is 0.268 e. The van der Waals surface area contributed by atoms with E-state index in [1.165, 1.54) is 23.5 Å². The van der Waals surface area contributed by atoms with E-state index in [9.17, 15) is 9.18 Å². The zero-order valence-electron chi connectivity index (χ0n) is 11.8. The average Bonchev–Trinajstić information content (AvgIpc) is 3.08. The summed E-state index contributed by atoms with van der Waals surface area (Å²) < 4.78 is 13.1. The summed E-state index contributed by atoms with van der Waals surface area (Å²) in [4.78, 5) is 16.9. The van der Waals surface area contributed by atoms with Gasteiger partial charge in [0.15, 0.2) is 0 Å². The van der Waals surface area contributed by atoms with Gasteiger partial charge in [-0.05, 0) is 41.6 Å². The van der Waals surface area contributed by atoms with E-state index in [1.54, 1.807) is 12.1 Å². The zero-order chi connectivity index (χ0) is 15.5. The highest BCUT2D eigenvalue weighted by Gasteiger charge is 2.13. The molecule has 2 heterocycles. The van der Waals surface area contributed by atoms with Crippen LogP contribution in [0.1, 0.15) is 26.6 Å². The van der Waals surface area contributed by atoms with Gasteiger partial charge in [0.25, 0.3) is 5.91 Å². The lowest BCUT2D eigenvalue weighted by Crippen LogP contribution is -2.12. The lowest BCUT2D eigenvalue weighted by Gasteiger charge is -1.99. The first-order chi connectivity index (χ1) is 10.6. The van der Waals surface area contributed by atoms with Crippen LogP contribution >= 0.6 is 11.3 Å². The number of benzene rings is 1. The van der Waals surface area contributed by atoms with Gasteiger partial charge in [0.2, 0.25) is 5.95 Å².